The molecule has 8 nitrogen and oxygen atoms in total. The number of hydrazone groups is 1. The number of pyridine rings is 1. The number of benzene rings is 1. The maximum atomic E-state index is 12.6. The zero-order valence-electron chi connectivity index (χ0n) is 14.6. The highest BCUT2D eigenvalue weighted by molar-refractivity contribution is 6.30. The van der Waals surface area contributed by atoms with Gasteiger partial charge in [0.15, 0.2) is 5.69 Å². The van der Waals surface area contributed by atoms with E-state index in [1.807, 2.05) is 6.07 Å². The Morgan fingerprint density at radius 2 is 2.07 bits per heavy atom. The van der Waals surface area contributed by atoms with Crippen molar-refractivity contribution < 1.29 is 4.79 Å². The molecule has 0 aliphatic rings. The Morgan fingerprint density at radius 3 is 2.71 bits per heavy atom. The molecular weight excluding hydrogens is 380 g/mol. The Kier molecular flexibility index (Phi) is 5.58. The van der Waals surface area contributed by atoms with Gasteiger partial charge in [0.2, 0.25) is 0 Å². The smallest absolute Gasteiger partial charge is 0.266 e. The predicted molar refractivity (Wildman–Crippen MR) is 104 cm³/mol. The molecule has 0 atom stereocenters. The number of nitrogens with one attached hydrogen (secondary N) is 1. The van der Waals surface area contributed by atoms with Crippen LogP contribution in [0.2, 0.25) is 5.02 Å². The summed E-state index contributed by atoms with van der Waals surface area (Å²) in [5, 5.41) is 17.8. The second-order valence-electron chi connectivity index (χ2n) is 5.64. The fraction of sp³-hybridized carbons (Fsp3) is 0.0526. The van der Waals surface area contributed by atoms with Crippen molar-refractivity contribution in [3.05, 3.63) is 86.6 Å². The number of aromatic nitrogens is 3. The normalized spacial score (nSPS) is 10.6. The maximum Gasteiger partial charge on any atom is 0.292 e. The van der Waals surface area contributed by atoms with E-state index < -0.39 is 11.5 Å². The van der Waals surface area contributed by atoms with E-state index in [1.54, 1.807) is 48.8 Å². The molecule has 2 aromatic heterocycles. The van der Waals surface area contributed by atoms with Gasteiger partial charge >= 0.3 is 0 Å². The molecule has 0 fully saturated rings. The molecule has 0 aliphatic carbocycles. The average Bonchev–Trinajstić information content (AvgIpc) is 2.70. The van der Waals surface area contributed by atoms with Gasteiger partial charge in [0.1, 0.15) is 11.6 Å². The molecule has 1 amide bonds. The summed E-state index contributed by atoms with van der Waals surface area (Å²) in [6, 6.07) is 11.6. The molecule has 1 N–H and O–H groups in total. The van der Waals surface area contributed by atoms with Crippen LogP contribution in [0.1, 0.15) is 27.2 Å². The van der Waals surface area contributed by atoms with Crippen LogP contribution in [0.4, 0.5) is 0 Å². The zero-order chi connectivity index (χ0) is 20.1. The topological polar surface area (TPSA) is 113 Å². The number of halogens is 1. The van der Waals surface area contributed by atoms with Crippen LogP contribution in [0.25, 0.3) is 5.69 Å². The van der Waals surface area contributed by atoms with Crippen LogP contribution < -0.4 is 11.0 Å². The van der Waals surface area contributed by atoms with Crippen molar-refractivity contribution in [1.82, 2.24) is 20.2 Å². The van der Waals surface area contributed by atoms with Crippen LogP contribution in [0.15, 0.2) is 58.7 Å². The molecule has 0 saturated heterocycles. The maximum absolute atomic E-state index is 12.6. The quantitative estimate of drug-likeness (QED) is 0.540. The minimum absolute atomic E-state index is 0.0885. The zero-order valence-corrected chi connectivity index (χ0v) is 15.4. The molecule has 3 aromatic rings. The Morgan fingerprint density at radius 1 is 1.32 bits per heavy atom. The van der Waals surface area contributed by atoms with Gasteiger partial charge in [-0.15, -0.1) is 0 Å². The van der Waals surface area contributed by atoms with Crippen molar-refractivity contribution in [2.45, 2.75) is 6.92 Å². The minimum Gasteiger partial charge on any atom is -0.266 e. The summed E-state index contributed by atoms with van der Waals surface area (Å²) in [7, 11) is 0. The Balaban J connectivity index is 1.98. The minimum atomic E-state index is -0.656. The summed E-state index contributed by atoms with van der Waals surface area (Å²) in [4.78, 5) is 29.0. The number of hydrogen-bond donors (Lipinski definition) is 1. The highest BCUT2D eigenvalue weighted by atomic mass is 35.5. The van der Waals surface area contributed by atoms with Gasteiger partial charge in [-0.05, 0) is 37.3 Å². The van der Waals surface area contributed by atoms with Gasteiger partial charge < -0.3 is 0 Å². The third-order valence-electron chi connectivity index (χ3n) is 3.80. The van der Waals surface area contributed by atoms with Crippen molar-refractivity contribution in [2.24, 2.45) is 5.10 Å². The first-order chi connectivity index (χ1) is 13.5. The number of nitriles is 1. The molecule has 0 spiro atoms. The fourth-order valence-electron chi connectivity index (χ4n) is 2.38. The van der Waals surface area contributed by atoms with Crippen LogP contribution >= 0.6 is 11.6 Å². The first kappa shape index (κ1) is 18.9. The molecule has 28 heavy (non-hydrogen) atoms. The molecule has 1 aromatic carbocycles. The van der Waals surface area contributed by atoms with Crippen molar-refractivity contribution in [3.63, 3.8) is 0 Å². The van der Waals surface area contributed by atoms with Crippen molar-refractivity contribution in [2.75, 3.05) is 0 Å². The van der Waals surface area contributed by atoms with Gasteiger partial charge in [-0.2, -0.15) is 20.1 Å². The number of hydrogen-bond acceptors (Lipinski definition) is 6. The molecule has 0 aliphatic heterocycles. The molecule has 0 unspecified atom stereocenters. The first-order valence-corrected chi connectivity index (χ1v) is 8.42. The lowest BCUT2D eigenvalue weighted by Crippen LogP contribution is -2.31. The first-order valence-electron chi connectivity index (χ1n) is 8.04. The molecule has 0 radical (unpaired) electrons. The summed E-state index contributed by atoms with van der Waals surface area (Å²) in [5.74, 6) is -0.656. The van der Waals surface area contributed by atoms with Gasteiger partial charge in [-0.25, -0.2) is 5.43 Å². The highest BCUT2D eigenvalue weighted by Crippen LogP contribution is 2.13. The van der Waals surface area contributed by atoms with Crippen LogP contribution in [-0.2, 0) is 0 Å². The molecule has 0 bridgehead atoms. The lowest BCUT2D eigenvalue weighted by molar-refractivity contribution is 0.0947. The number of amides is 1. The van der Waals surface area contributed by atoms with Crippen LogP contribution in [0.5, 0.6) is 0 Å². The van der Waals surface area contributed by atoms with Crippen molar-refractivity contribution in [1.29, 1.82) is 5.26 Å². The van der Waals surface area contributed by atoms with Gasteiger partial charge in [0.05, 0.1) is 11.9 Å². The summed E-state index contributed by atoms with van der Waals surface area (Å²) in [6.45, 7) is 1.49. The predicted octanol–water partition coefficient (Wildman–Crippen LogP) is 2.22. The van der Waals surface area contributed by atoms with Crippen molar-refractivity contribution >= 4 is 23.7 Å². The van der Waals surface area contributed by atoms with E-state index in [1.165, 1.54) is 13.1 Å². The Hall–Kier alpha value is -3.83. The number of nitrogens with zero attached hydrogens (tertiary/aromatic N) is 5. The van der Waals surface area contributed by atoms with Gasteiger partial charge in [-0.1, -0.05) is 17.7 Å². The Labute approximate surface area is 164 Å². The largest absolute Gasteiger partial charge is 0.292 e. The van der Waals surface area contributed by atoms with Crippen molar-refractivity contribution in [3.8, 4) is 11.8 Å². The van der Waals surface area contributed by atoms with E-state index in [2.05, 4.69) is 20.6 Å². The second-order valence-corrected chi connectivity index (χ2v) is 6.08. The molecule has 2 heterocycles. The summed E-state index contributed by atoms with van der Waals surface area (Å²) in [6.07, 6.45) is 4.61. The van der Waals surface area contributed by atoms with E-state index in [-0.39, 0.29) is 16.8 Å². The van der Waals surface area contributed by atoms with E-state index in [4.69, 9.17) is 11.6 Å². The van der Waals surface area contributed by atoms with Gasteiger partial charge in [0.25, 0.3) is 11.5 Å². The van der Waals surface area contributed by atoms with E-state index in [9.17, 15) is 14.9 Å². The van der Waals surface area contributed by atoms with E-state index >= 15 is 0 Å². The lowest BCUT2D eigenvalue weighted by atomic mass is 10.1. The molecule has 9 heteroatoms. The lowest BCUT2D eigenvalue weighted by Gasteiger charge is -2.10. The molecular formula is C19H13ClN6O2. The standard InChI is InChI=1S/C19H13ClN6O2/c1-12-16(9-21)19(28)26(15-6-4-14(20)5-7-15)25-17(12)18(27)24-23-11-13-3-2-8-22-10-13/h2-8,10-11H,1H3,(H,24,27)/b23-11+. The number of rotatable bonds is 4. The fourth-order valence-corrected chi connectivity index (χ4v) is 2.51. The van der Waals surface area contributed by atoms with E-state index in [0.29, 0.717) is 16.3 Å². The summed E-state index contributed by atoms with van der Waals surface area (Å²) >= 11 is 5.87. The van der Waals surface area contributed by atoms with E-state index in [0.717, 1.165) is 4.68 Å². The monoisotopic (exact) mass is 392 g/mol. The Bertz CT molecular complexity index is 1150. The summed E-state index contributed by atoms with van der Waals surface area (Å²) in [5.41, 5.74) is 2.69. The molecule has 3 rings (SSSR count). The van der Waals surface area contributed by atoms with Crippen LogP contribution in [0.3, 0.4) is 0 Å². The number of carbonyl (C=O) groups is 1. The average molecular weight is 393 g/mol. The molecule has 138 valence electrons. The second kappa shape index (κ2) is 8.24. The molecule has 0 saturated carbocycles. The van der Waals surface area contributed by atoms with Crippen LogP contribution in [-0.4, -0.2) is 26.9 Å². The SMILES string of the molecule is Cc1c(C(=O)N/N=C/c2cccnc2)nn(-c2ccc(Cl)cc2)c(=O)c1C#N. The van der Waals surface area contributed by atoms with Crippen LogP contribution in [0, 0.1) is 18.3 Å². The number of carbonyl (C=O) groups excluding carboxylic acids is 1. The third-order valence-corrected chi connectivity index (χ3v) is 4.05. The highest BCUT2D eigenvalue weighted by Gasteiger charge is 2.20. The van der Waals surface area contributed by atoms with Gasteiger partial charge in [0, 0.05) is 28.5 Å². The van der Waals surface area contributed by atoms with Gasteiger partial charge in [-0.3, -0.25) is 14.6 Å². The third kappa shape index (κ3) is 3.95. The summed E-state index contributed by atoms with van der Waals surface area (Å²) < 4.78 is 0.988.